The van der Waals surface area contributed by atoms with E-state index >= 15 is 0 Å². The fourth-order valence-electron chi connectivity index (χ4n) is 2.84. The minimum absolute atomic E-state index is 0.00941. The van der Waals surface area contributed by atoms with Crippen molar-refractivity contribution in [3.05, 3.63) is 35.4 Å². The maximum atomic E-state index is 12.0. The third kappa shape index (κ3) is 4.98. The summed E-state index contributed by atoms with van der Waals surface area (Å²) in [6.45, 7) is 10.1. The van der Waals surface area contributed by atoms with Crippen molar-refractivity contribution in [1.82, 2.24) is 15.5 Å². The fraction of sp³-hybridized carbons (Fsp3) is 0.579. The second kappa shape index (κ2) is 7.69. The van der Waals surface area contributed by atoms with Gasteiger partial charge in [0.25, 0.3) is 0 Å². The predicted molar refractivity (Wildman–Crippen MR) is 95.9 cm³/mol. The number of hydrogen-bond donors (Lipinski definition) is 2. The van der Waals surface area contributed by atoms with Gasteiger partial charge in [-0.25, -0.2) is 4.79 Å². The number of benzene rings is 1. The maximum Gasteiger partial charge on any atom is 0.315 e. The number of hydrogen-bond acceptors (Lipinski definition) is 2. The third-order valence-electron chi connectivity index (χ3n) is 4.48. The number of rotatable bonds is 4. The van der Waals surface area contributed by atoms with Gasteiger partial charge in [-0.05, 0) is 36.3 Å². The van der Waals surface area contributed by atoms with E-state index in [9.17, 15) is 9.59 Å². The van der Waals surface area contributed by atoms with E-state index in [1.54, 1.807) is 4.90 Å². The number of nitrogens with one attached hydrogen (secondary N) is 2. The van der Waals surface area contributed by atoms with Gasteiger partial charge in [-0.1, -0.05) is 45.0 Å². The third-order valence-corrected chi connectivity index (χ3v) is 4.48. The van der Waals surface area contributed by atoms with Crippen LogP contribution in [-0.2, 0) is 10.2 Å². The van der Waals surface area contributed by atoms with E-state index in [-0.39, 0.29) is 29.9 Å². The number of carbonyl (C=O) groups is 2. The van der Waals surface area contributed by atoms with Crippen LogP contribution in [0.1, 0.15) is 57.7 Å². The van der Waals surface area contributed by atoms with E-state index in [1.165, 1.54) is 5.56 Å². The topological polar surface area (TPSA) is 61.4 Å². The molecule has 1 saturated heterocycles. The van der Waals surface area contributed by atoms with Gasteiger partial charge in [-0.3, -0.25) is 4.79 Å². The lowest BCUT2D eigenvalue weighted by molar-refractivity contribution is -0.128. The number of amides is 3. The molecular weight excluding hydrogens is 302 g/mol. The zero-order valence-corrected chi connectivity index (χ0v) is 15.2. The van der Waals surface area contributed by atoms with Crippen LogP contribution in [-0.4, -0.2) is 36.5 Å². The van der Waals surface area contributed by atoms with Gasteiger partial charge in [0, 0.05) is 13.1 Å². The van der Waals surface area contributed by atoms with Crippen LogP contribution in [0.2, 0.25) is 0 Å². The van der Waals surface area contributed by atoms with Gasteiger partial charge in [0.05, 0.1) is 12.6 Å². The first-order chi connectivity index (χ1) is 11.3. The van der Waals surface area contributed by atoms with Gasteiger partial charge in [-0.2, -0.15) is 0 Å². The molecule has 3 amide bonds. The maximum absolute atomic E-state index is 12.0. The van der Waals surface area contributed by atoms with Crippen LogP contribution in [0.3, 0.4) is 0 Å². The molecule has 132 valence electrons. The molecule has 5 heteroatoms. The zero-order chi connectivity index (χ0) is 17.7. The van der Waals surface area contributed by atoms with Crippen LogP contribution in [0.25, 0.3) is 0 Å². The molecule has 0 aliphatic carbocycles. The van der Waals surface area contributed by atoms with Crippen molar-refractivity contribution in [1.29, 1.82) is 0 Å². The van der Waals surface area contributed by atoms with Crippen LogP contribution in [0.15, 0.2) is 24.3 Å². The van der Waals surface area contributed by atoms with Crippen molar-refractivity contribution in [2.45, 2.75) is 52.0 Å². The molecule has 1 aliphatic heterocycles. The summed E-state index contributed by atoms with van der Waals surface area (Å²) in [5, 5.41) is 5.53. The molecule has 1 heterocycles. The van der Waals surface area contributed by atoms with Crippen LogP contribution < -0.4 is 10.6 Å². The molecule has 0 bridgehead atoms. The highest BCUT2D eigenvalue weighted by atomic mass is 16.2. The standard InChI is InChI=1S/C19H29N3O2/c1-14(15-7-9-16(10-8-15)19(2,3)4)21-18(24)20-13-17(23)22-11-5-6-12-22/h7-10,14H,5-6,11-13H2,1-4H3,(H2,20,21,24)/t14-/m0/s1. The second-order valence-corrected chi connectivity index (χ2v) is 7.51. The zero-order valence-electron chi connectivity index (χ0n) is 15.2. The summed E-state index contributed by atoms with van der Waals surface area (Å²) >= 11 is 0. The number of nitrogens with zero attached hydrogens (tertiary/aromatic N) is 1. The first kappa shape index (κ1) is 18.3. The summed E-state index contributed by atoms with van der Waals surface area (Å²) in [5.74, 6) is -0.00941. The van der Waals surface area contributed by atoms with Crippen molar-refractivity contribution >= 4 is 11.9 Å². The first-order valence-corrected chi connectivity index (χ1v) is 8.70. The van der Waals surface area contributed by atoms with Gasteiger partial charge in [0.15, 0.2) is 0 Å². The minimum atomic E-state index is -0.310. The molecule has 1 aliphatic rings. The van der Waals surface area contributed by atoms with Gasteiger partial charge in [-0.15, -0.1) is 0 Å². The average molecular weight is 331 g/mol. The van der Waals surface area contributed by atoms with Crippen molar-refractivity contribution in [2.24, 2.45) is 0 Å². The smallest absolute Gasteiger partial charge is 0.315 e. The normalized spacial score (nSPS) is 15.9. The molecule has 2 rings (SSSR count). The number of carbonyl (C=O) groups excluding carboxylic acids is 2. The number of urea groups is 1. The highest BCUT2D eigenvalue weighted by molar-refractivity contribution is 5.84. The van der Waals surface area contributed by atoms with E-state index in [2.05, 4.69) is 43.5 Å². The van der Waals surface area contributed by atoms with E-state index in [0.29, 0.717) is 0 Å². The van der Waals surface area contributed by atoms with Crippen LogP contribution in [0.5, 0.6) is 0 Å². The average Bonchev–Trinajstić information content (AvgIpc) is 3.06. The lowest BCUT2D eigenvalue weighted by Crippen LogP contribution is -2.43. The molecular formula is C19H29N3O2. The second-order valence-electron chi connectivity index (χ2n) is 7.51. The van der Waals surface area contributed by atoms with Gasteiger partial charge in [0.2, 0.25) is 5.91 Å². The van der Waals surface area contributed by atoms with Crippen LogP contribution in [0.4, 0.5) is 4.79 Å². The Morgan fingerprint density at radius 1 is 1.12 bits per heavy atom. The SMILES string of the molecule is C[C@H](NC(=O)NCC(=O)N1CCCC1)c1ccc(C(C)(C)C)cc1. The summed E-state index contributed by atoms with van der Waals surface area (Å²) in [6, 6.07) is 7.86. The van der Waals surface area contributed by atoms with Crippen molar-refractivity contribution in [3.63, 3.8) is 0 Å². The molecule has 0 spiro atoms. The van der Waals surface area contributed by atoms with Crippen LogP contribution >= 0.6 is 0 Å². The van der Waals surface area contributed by atoms with Gasteiger partial charge in [0.1, 0.15) is 0 Å². The molecule has 1 atom stereocenters. The molecule has 2 N–H and O–H groups in total. The monoisotopic (exact) mass is 331 g/mol. The summed E-state index contributed by atoms with van der Waals surface area (Å²) in [4.78, 5) is 25.7. The summed E-state index contributed by atoms with van der Waals surface area (Å²) < 4.78 is 0. The molecule has 1 aromatic rings. The molecule has 0 unspecified atom stereocenters. The molecule has 1 fully saturated rings. The first-order valence-electron chi connectivity index (χ1n) is 8.70. The van der Waals surface area contributed by atoms with E-state index in [4.69, 9.17) is 0 Å². The molecule has 24 heavy (non-hydrogen) atoms. The Morgan fingerprint density at radius 2 is 1.71 bits per heavy atom. The quantitative estimate of drug-likeness (QED) is 0.891. The summed E-state index contributed by atoms with van der Waals surface area (Å²) in [5.41, 5.74) is 2.42. The lowest BCUT2D eigenvalue weighted by atomic mass is 9.86. The Hall–Kier alpha value is -2.04. The predicted octanol–water partition coefficient (Wildman–Crippen LogP) is 2.97. The van der Waals surface area contributed by atoms with Crippen molar-refractivity contribution < 1.29 is 9.59 Å². The van der Waals surface area contributed by atoms with Crippen molar-refractivity contribution in [2.75, 3.05) is 19.6 Å². The fourth-order valence-corrected chi connectivity index (χ4v) is 2.84. The Bertz CT molecular complexity index is 569. The molecule has 0 aromatic heterocycles. The largest absolute Gasteiger partial charge is 0.341 e. The highest BCUT2D eigenvalue weighted by Gasteiger charge is 2.19. The summed E-state index contributed by atoms with van der Waals surface area (Å²) in [7, 11) is 0. The molecule has 0 radical (unpaired) electrons. The molecule has 5 nitrogen and oxygen atoms in total. The lowest BCUT2D eigenvalue weighted by Gasteiger charge is -2.21. The van der Waals surface area contributed by atoms with Crippen LogP contribution in [0, 0.1) is 0 Å². The van der Waals surface area contributed by atoms with Gasteiger partial charge < -0.3 is 15.5 Å². The Morgan fingerprint density at radius 3 is 2.25 bits per heavy atom. The van der Waals surface area contributed by atoms with E-state index in [0.717, 1.165) is 31.5 Å². The Kier molecular flexibility index (Phi) is 5.86. The Balaban J connectivity index is 1.81. The van der Waals surface area contributed by atoms with E-state index in [1.807, 2.05) is 19.1 Å². The molecule has 1 aromatic carbocycles. The molecule has 0 saturated carbocycles. The summed E-state index contributed by atoms with van der Waals surface area (Å²) in [6.07, 6.45) is 2.11. The van der Waals surface area contributed by atoms with Gasteiger partial charge >= 0.3 is 6.03 Å². The Labute approximate surface area is 144 Å². The van der Waals surface area contributed by atoms with E-state index < -0.39 is 0 Å². The van der Waals surface area contributed by atoms with Crippen molar-refractivity contribution in [3.8, 4) is 0 Å². The number of likely N-dealkylation sites (tertiary alicyclic amines) is 1. The minimum Gasteiger partial charge on any atom is -0.341 e. The highest BCUT2D eigenvalue weighted by Crippen LogP contribution is 2.23.